The van der Waals surface area contributed by atoms with Crippen molar-refractivity contribution in [3.8, 4) is 0 Å². The van der Waals surface area contributed by atoms with Crippen LogP contribution in [0, 0.1) is 6.92 Å². The summed E-state index contributed by atoms with van der Waals surface area (Å²) in [5, 5.41) is 6.26. The fraction of sp³-hybridized carbons (Fsp3) is 0.421. The Labute approximate surface area is 143 Å². The normalized spacial score (nSPS) is 10.5. The molecule has 1 aromatic carbocycles. The Balaban J connectivity index is 2.34. The zero-order chi connectivity index (χ0) is 17.5. The number of benzene rings is 1. The van der Waals surface area contributed by atoms with Crippen molar-refractivity contribution in [3.05, 3.63) is 46.9 Å². The summed E-state index contributed by atoms with van der Waals surface area (Å²) in [6.45, 7) is 8.73. The second-order valence-electron chi connectivity index (χ2n) is 5.72. The summed E-state index contributed by atoms with van der Waals surface area (Å²) in [6.07, 6.45) is 2.76. The van der Waals surface area contributed by atoms with Gasteiger partial charge in [-0.2, -0.15) is 0 Å². The molecule has 0 spiro atoms. The monoisotopic (exact) mass is 326 g/mol. The molecule has 0 unspecified atom stereocenters. The van der Waals surface area contributed by atoms with Gasteiger partial charge < -0.3 is 10.6 Å². The smallest absolute Gasteiger partial charge is 0.270 e. The van der Waals surface area contributed by atoms with E-state index in [1.165, 1.54) is 11.1 Å². The van der Waals surface area contributed by atoms with Crippen LogP contribution in [0.15, 0.2) is 24.3 Å². The molecule has 2 aromatic rings. The number of rotatable bonds is 7. The number of para-hydroxylation sites is 1. The van der Waals surface area contributed by atoms with E-state index >= 15 is 0 Å². The molecule has 0 radical (unpaired) electrons. The number of aromatic nitrogens is 2. The standard InChI is InChI=1S/C19H26N4O/c1-5-11-20-19(24)16-12-17(22-13(4)21-16)23-18-14(6-2)9-8-10-15(18)7-3/h8-10,12H,5-7,11H2,1-4H3,(H,20,24)(H,21,22,23). The van der Waals surface area contributed by atoms with Gasteiger partial charge in [-0.3, -0.25) is 4.79 Å². The number of hydrogen-bond donors (Lipinski definition) is 2. The highest BCUT2D eigenvalue weighted by Crippen LogP contribution is 2.26. The van der Waals surface area contributed by atoms with Crippen LogP contribution < -0.4 is 10.6 Å². The SMILES string of the molecule is CCCNC(=O)c1cc(Nc2c(CC)cccc2CC)nc(C)n1. The van der Waals surface area contributed by atoms with Crippen LogP contribution >= 0.6 is 0 Å². The minimum atomic E-state index is -0.162. The zero-order valence-corrected chi connectivity index (χ0v) is 14.9. The number of nitrogens with zero attached hydrogens (tertiary/aromatic N) is 2. The summed E-state index contributed by atoms with van der Waals surface area (Å²) in [6, 6.07) is 8.02. The summed E-state index contributed by atoms with van der Waals surface area (Å²) in [7, 11) is 0. The van der Waals surface area contributed by atoms with E-state index in [1.807, 2.05) is 6.92 Å². The number of nitrogens with one attached hydrogen (secondary N) is 2. The molecule has 5 heteroatoms. The predicted molar refractivity (Wildman–Crippen MR) is 97.9 cm³/mol. The quantitative estimate of drug-likeness (QED) is 0.812. The molecule has 0 aliphatic rings. The van der Waals surface area contributed by atoms with Gasteiger partial charge in [0.25, 0.3) is 5.91 Å². The number of aryl methyl sites for hydroxylation is 3. The predicted octanol–water partition coefficient (Wildman–Crippen LogP) is 3.79. The van der Waals surface area contributed by atoms with Crippen molar-refractivity contribution in [2.45, 2.75) is 47.0 Å². The molecule has 0 atom stereocenters. The molecule has 0 saturated heterocycles. The van der Waals surface area contributed by atoms with Crippen LogP contribution in [0.4, 0.5) is 11.5 Å². The first-order valence-electron chi connectivity index (χ1n) is 8.60. The largest absolute Gasteiger partial charge is 0.351 e. The molecule has 0 aliphatic heterocycles. The van der Waals surface area contributed by atoms with Gasteiger partial charge in [-0.25, -0.2) is 9.97 Å². The topological polar surface area (TPSA) is 66.9 Å². The fourth-order valence-corrected chi connectivity index (χ4v) is 2.61. The van der Waals surface area contributed by atoms with Crippen LogP contribution in [0.2, 0.25) is 0 Å². The Morgan fingerprint density at radius 3 is 2.33 bits per heavy atom. The van der Waals surface area contributed by atoms with Crippen molar-refractivity contribution < 1.29 is 4.79 Å². The third kappa shape index (κ3) is 4.31. The fourth-order valence-electron chi connectivity index (χ4n) is 2.61. The number of hydrogen-bond acceptors (Lipinski definition) is 4. The summed E-state index contributed by atoms with van der Waals surface area (Å²) in [4.78, 5) is 20.9. The second kappa shape index (κ2) is 8.43. The Bertz CT molecular complexity index is 690. The highest BCUT2D eigenvalue weighted by Gasteiger charge is 2.12. The van der Waals surface area contributed by atoms with Gasteiger partial charge in [-0.05, 0) is 37.3 Å². The Morgan fingerprint density at radius 2 is 1.75 bits per heavy atom. The number of amides is 1. The minimum Gasteiger partial charge on any atom is -0.351 e. The lowest BCUT2D eigenvalue weighted by molar-refractivity contribution is 0.0948. The van der Waals surface area contributed by atoms with E-state index in [-0.39, 0.29) is 5.91 Å². The lowest BCUT2D eigenvalue weighted by atomic mass is 10.0. The zero-order valence-electron chi connectivity index (χ0n) is 14.9. The third-order valence-corrected chi connectivity index (χ3v) is 3.86. The van der Waals surface area contributed by atoms with E-state index in [1.54, 1.807) is 13.0 Å². The average Bonchev–Trinajstić information content (AvgIpc) is 2.59. The van der Waals surface area contributed by atoms with Gasteiger partial charge in [0.2, 0.25) is 0 Å². The van der Waals surface area contributed by atoms with E-state index in [0.717, 1.165) is 24.9 Å². The number of carbonyl (C=O) groups is 1. The molecule has 0 fully saturated rings. The first-order chi connectivity index (χ1) is 11.6. The molecule has 24 heavy (non-hydrogen) atoms. The van der Waals surface area contributed by atoms with Crippen LogP contribution in [-0.4, -0.2) is 22.4 Å². The summed E-state index contributed by atoms with van der Waals surface area (Å²) in [5.41, 5.74) is 3.95. The van der Waals surface area contributed by atoms with Crippen molar-refractivity contribution in [3.63, 3.8) is 0 Å². The van der Waals surface area contributed by atoms with Crippen LogP contribution in [0.5, 0.6) is 0 Å². The summed E-state index contributed by atoms with van der Waals surface area (Å²) >= 11 is 0. The van der Waals surface area contributed by atoms with E-state index < -0.39 is 0 Å². The molecule has 0 bridgehead atoms. The Hall–Kier alpha value is -2.43. The van der Waals surface area contributed by atoms with Gasteiger partial charge in [-0.15, -0.1) is 0 Å². The number of carbonyl (C=O) groups excluding carboxylic acids is 1. The molecule has 1 heterocycles. The highest BCUT2D eigenvalue weighted by atomic mass is 16.1. The highest BCUT2D eigenvalue weighted by molar-refractivity contribution is 5.93. The molecule has 2 N–H and O–H groups in total. The van der Waals surface area contributed by atoms with Crippen molar-refractivity contribution in [1.82, 2.24) is 15.3 Å². The van der Waals surface area contributed by atoms with Crippen LogP contribution in [0.3, 0.4) is 0 Å². The molecule has 5 nitrogen and oxygen atoms in total. The van der Waals surface area contributed by atoms with E-state index in [0.29, 0.717) is 23.9 Å². The van der Waals surface area contributed by atoms with Gasteiger partial charge in [0.1, 0.15) is 17.3 Å². The molecule has 128 valence electrons. The minimum absolute atomic E-state index is 0.162. The van der Waals surface area contributed by atoms with Crippen molar-refractivity contribution in [2.24, 2.45) is 0 Å². The Morgan fingerprint density at radius 1 is 1.08 bits per heavy atom. The maximum atomic E-state index is 12.2. The van der Waals surface area contributed by atoms with Gasteiger partial charge >= 0.3 is 0 Å². The molecule has 1 aromatic heterocycles. The molecule has 1 amide bonds. The van der Waals surface area contributed by atoms with Crippen LogP contribution in [0.25, 0.3) is 0 Å². The first-order valence-corrected chi connectivity index (χ1v) is 8.60. The summed E-state index contributed by atoms with van der Waals surface area (Å²) in [5.74, 6) is 1.07. The lowest BCUT2D eigenvalue weighted by Gasteiger charge is -2.15. The Kier molecular flexibility index (Phi) is 6.29. The maximum absolute atomic E-state index is 12.2. The maximum Gasteiger partial charge on any atom is 0.270 e. The lowest BCUT2D eigenvalue weighted by Crippen LogP contribution is -2.25. The second-order valence-corrected chi connectivity index (χ2v) is 5.72. The van der Waals surface area contributed by atoms with E-state index in [2.05, 4.69) is 52.6 Å². The molecule has 0 aliphatic carbocycles. The van der Waals surface area contributed by atoms with Crippen molar-refractivity contribution in [2.75, 3.05) is 11.9 Å². The molecule has 0 saturated carbocycles. The first kappa shape index (κ1) is 17.9. The van der Waals surface area contributed by atoms with E-state index in [9.17, 15) is 4.79 Å². The third-order valence-electron chi connectivity index (χ3n) is 3.86. The molecular formula is C19H26N4O. The van der Waals surface area contributed by atoms with Gasteiger partial charge in [0.15, 0.2) is 0 Å². The number of anilines is 2. The molecule has 2 rings (SSSR count). The van der Waals surface area contributed by atoms with Gasteiger partial charge in [-0.1, -0.05) is 39.0 Å². The van der Waals surface area contributed by atoms with Crippen molar-refractivity contribution in [1.29, 1.82) is 0 Å². The van der Waals surface area contributed by atoms with Gasteiger partial charge in [0.05, 0.1) is 0 Å². The van der Waals surface area contributed by atoms with Gasteiger partial charge in [0, 0.05) is 18.3 Å². The summed E-state index contributed by atoms with van der Waals surface area (Å²) < 4.78 is 0. The molecular weight excluding hydrogens is 300 g/mol. The van der Waals surface area contributed by atoms with Crippen LogP contribution in [0.1, 0.15) is 54.6 Å². The van der Waals surface area contributed by atoms with E-state index in [4.69, 9.17) is 0 Å². The van der Waals surface area contributed by atoms with Crippen molar-refractivity contribution >= 4 is 17.4 Å². The average molecular weight is 326 g/mol. The van der Waals surface area contributed by atoms with Crippen LogP contribution in [-0.2, 0) is 12.8 Å².